The van der Waals surface area contributed by atoms with E-state index in [4.69, 9.17) is 0 Å². The van der Waals surface area contributed by atoms with Gasteiger partial charge in [-0.1, -0.05) is 17.4 Å². The number of hydrogen-bond donors (Lipinski definition) is 1. The van der Waals surface area contributed by atoms with Crippen molar-refractivity contribution in [3.05, 3.63) is 71.1 Å². The number of benzene rings is 1. The van der Waals surface area contributed by atoms with E-state index in [-0.39, 0.29) is 5.91 Å². The third-order valence-corrected chi connectivity index (χ3v) is 5.37. The van der Waals surface area contributed by atoms with Gasteiger partial charge < -0.3 is 5.32 Å². The lowest BCUT2D eigenvalue weighted by Crippen LogP contribution is -2.07. The first-order chi connectivity index (χ1) is 12.3. The Bertz CT molecular complexity index is 1000. The van der Waals surface area contributed by atoms with Crippen molar-refractivity contribution in [1.29, 1.82) is 0 Å². The van der Waals surface area contributed by atoms with Gasteiger partial charge in [0.2, 0.25) is 5.91 Å². The molecule has 0 fully saturated rings. The van der Waals surface area contributed by atoms with Crippen LogP contribution in [0.25, 0.3) is 27.0 Å². The second kappa shape index (κ2) is 6.96. The van der Waals surface area contributed by atoms with E-state index in [9.17, 15) is 4.79 Å². The molecule has 0 aliphatic rings. The van der Waals surface area contributed by atoms with Crippen molar-refractivity contribution in [2.24, 2.45) is 0 Å². The van der Waals surface area contributed by atoms with Gasteiger partial charge in [-0.2, -0.15) is 0 Å². The molecule has 1 aromatic carbocycles. The maximum atomic E-state index is 12.0. The molecule has 4 aromatic rings. The van der Waals surface area contributed by atoms with Crippen LogP contribution in [0, 0.1) is 0 Å². The molecule has 0 atom stereocenters. The van der Waals surface area contributed by atoms with Crippen LogP contribution in [0.1, 0.15) is 4.88 Å². The van der Waals surface area contributed by atoms with Crippen LogP contribution in [0.4, 0.5) is 5.69 Å². The molecule has 6 heteroatoms. The van der Waals surface area contributed by atoms with Crippen LogP contribution in [0.5, 0.6) is 0 Å². The number of nitrogens with one attached hydrogen (secondary N) is 1. The van der Waals surface area contributed by atoms with Gasteiger partial charge in [-0.25, -0.2) is 9.97 Å². The van der Waals surface area contributed by atoms with Crippen LogP contribution in [0.15, 0.2) is 66.2 Å². The number of pyridine rings is 1. The summed E-state index contributed by atoms with van der Waals surface area (Å²) < 4.78 is 0. The molecule has 3 aromatic heterocycles. The minimum absolute atomic E-state index is 0.148. The minimum atomic E-state index is -0.148. The molecule has 122 valence electrons. The van der Waals surface area contributed by atoms with E-state index in [0.29, 0.717) is 0 Å². The summed E-state index contributed by atoms with van der Waals surface area (Å²) in [5.41, 5.74) is 2.66. The fourth-order valence-corrected chi connectivity index (χ4v) is 3.85. The summed E-state index contributed by atoms with van der Waals surface area (Å²) in [7, 11) is 0. The second-order valence-electron chi connectivity index (χ2n) is 5.26. The van der Waals surface area contributed by atoms with Crippen LogP contribution < -0.4 is 5.32 Å². The zero-order valence-corrected chi connectivity index (χ0v) is 14.7. The Kier molecular flexibility index (Phi) is 4.37. The number of amides is 1. The third kappa shape index (κ3) is 3.65. The van der Waals surface area contributed by atoms with Crippen molar-refractivity contribution >= 4 is 50.7 Å². The number of anilines is 1. The highest BCUT2D eigenvalue weighted by atomic mass is 32.1. The Hall–Kier alpha value is -2.83. The molecule has 3 heterocycles. The molecule has 0 aliphatic carbocycles. The van der Waals surface area contributed by atoms with Crippen molar-refractivity contribution in [3.63, 3.8) is 0 Å². The van der Waals surface area contributed by atoms with Gasteiger partial charge in [0.05, 0.1) is 0 Å². The van der Waals surface area contributed by atoms with E-state index in [0.717, 1.165) is 31.5 Å². The van der Waals surface area contributed by atoms with E-state index in [2.05, 4.69) is 15.3 Å². The SMILES string of the molecule is O=C(/C=C/c1cccs1)Nc1ccc(-c2nc3cccnc3s2)cc1. The van der Waals surface area contributed by atoms with Gasteiger partial charge in [0.15, 0.2) is 0 Å². The Balaban J connectivity index is 1.47. The molecule has 1 amide bonds. The number of carbonyl (C=O) groups is 1. The summed E-state index contributed by atoms with van der Waals surface area (Å²) in [6.07, 6.45) is 5.12. The molecule has 4 rings (SSSR count). The lowest BCUT2D eigenvalue weighted by Gasteiger charge is -2.03. The first-order valence-corrected chi connectivity index (χ1v) is 9.32. The number of nitrogens with zero attached hydrogens (tertiary/aromatic N) is 2. The highest BCUT2D eigenvalue weighted by molar-refractivity contribution is 7.21. The van der Waals surface area contributed by atoms with Gasteiger partial charge in [-0.15, -0.1) is 11.3 Å². The van der Waals surface area contributed by atoms with Gasteiger partial charge in [0.1, 0.15) is 15.4 Å². The average molecular weight is 363 g/mol. The fourth-order valence-electron chi connectivity index (χ4n) is 2.32. The van der Waals surface area contributed by atoms with Crippen molar-refractivity contribution in [2.75, 3.05) is 5.32 Å². The molecular weight excluding hydrogens is 350 g/mol. The molecule has 0 spiro atoms. The van der Waals surface area contributed by atoms with Gasteiger partial charge in [-0.05, 0) is 53.9 Å². The van der Waals surface area contributed by atoms with Crippen LogP contribution in [-0.2, 0) is 4.79 Å². The van der Waals surface area contributed by atoms with Crippen LogP contribution in [-0.4, -0.2) is 15.9 Å². The van der Waals surface area contributed by atoms with Gasteiger partial charge in [0, 0.05) is 28.4 Å². The number of hydrogen-bond acceptors (Lipinski definition) is 5. The summed E-state index contributed by atoms with van der Waals surface area (Å²) >= 11 is 3.15. The van der Waals surface area contributed by atoms with Crippen molar-refractivity contribution in [3.8, 4) is 10.6 Å². The maximum Gasteiger partial charge on any atom is 0.248 e. The highest BCUT2D eigenvalue weighted by Crippen LogP contribution is 2.29. The lowest BCUT2D eigenvalue weighted by molar-refractivity contribution is -0.111. The Morgan fingerprint density at radius 3 is 2.72 bits per heavy atom. The topological polar surface area (TPSA) is 54.9 Å². The number of thiazole rings is 1. The van der Waals surface area contributed by atoms with Crippen molar-refractivity contribution < 1.29 is 4.79 Å². The molecule has 25 heavy (non-hydrogen) atoms. The third-order valence-electron chi connectivity index (χ3n) is 3.51. The number of thiophene rings is 1. The number of fused-ring (bicyclic) bond motifs is 1. The van der Waals surface area contributed by atoms with E-state index < -0.39 is 0 Å². The zero-order chi connectivity index (χ0) is 17.1. The van der Waals surface area contributed by atoms with Crippen molar-refractivity contribution in [1.82, 2.24) is 9.97 Å². The predicted octanol–water partition coefficient (Wildman–Crippen LogP) is 5.07. The predicted molar refractivity (Wildman–Crippen MR) is 105 cm³/mol. The van der Waals surface area contributed by atoms with Gasteiger partial charge >= 0.3 is 0 Å². The van der Waals surface area contributed by atoms with E-state index in [1.165, 1.54) is 0 Å². The summed E-state index contributed by atoms with van der Waals surface area (Å²) in [5, 5.41) is 5.76. The number of carbonyl (C=O) groups excluding carboxylic acids is 1. The van der Waals surface area contributed by atoms with Crippen molar-refractivity contribution in [2.45, 2.75) is 0 Å². The van der Waals surface area contributed by atoms with E-state index in [1.807, 2.05) is 60.0 Å². The second-order valence-corrected chi connectivity index (χ2v) is 7.22. The van der Waals surface area contributed by atoms with Crippen LogP contribution in [0.3, 0.4) is 0 Å². The van der Waals surface area contributed by atoms with E-state index in [1.54, 1.807) is 34.9 Å². The molecule has 0 saturated carbocycles. The number of aromatic nitrogens is 2. The minimum Gasteiger partial charge on any atom is -0.323 e. The maximum absolute atomic E-state index is 12.0. The molecule has 0 saturated heterocycles. The molecule has 1 N–H and O–H groups in total. The average Bonchev–Trinajstić information content (AvgIpc) is 3.30. The zero-order valence-electron chi connectivity index (χ0n) is 13.0. The normalized spacial score (nSPS) is 11.2. The summed E-state index contributed by atoms with van der Waals surface area (Å²) in [6, 6.07) is 15.4. The van der Waals surface area contributed by atoms with Gasteiger partial charge in [0.25, 0.3) is 0 Å². The molecule has 0 aliphatic heterocycles. The number of rotatable bonds is 4. The molecule has 0 radical (unpaired) electrons. The summed E-state index contributed by atoms with van der Waals surface area (Å²) in [4.78, 5) is 22.9. The van der Waals surface area contributed by atoms with Crippen LogP contribution in [0.2, 0.25) is 0 Å². The summed E-state index contributed by atoms with van der Waals surface area (Å²) in [6.45, 7) is 0. The highest BCUT2D eigenvalue weighted by Gasteiger charge is 2.07. The van der Waals surface area contributed by atoms with E-state index >= 15 is 0 Å². The van der Waals surface area contributed by atoms with Gasteiger partial charge in [-0.3, -0.25) is 4.79 Å². The lowest BCUT2D eigenvalue weighted by atomic mass is 10.2. The fraction of sp³-hybridized carbons (Fsp3) is 0. The monoisotopic (exact) mass is 363 g/mol. The Morgan fingerprint density at radius 2 is 1.96 bits per heavy atom. The summed E-state index contributed by atoms with van der Waals surface area (Å²) in [5.74, 6) is -0.148. The molecule has 4 nitrogen and oxygen atoms in total. The molecule has 0 unspecified atom stereocenters. The smallest absolute Gasteiger partial charge is 0.248 e. The first-order valence-electron chi connectivity index (χ1n) is 7.62. The van der Waals surface area contributed by atoms with Crippen LogP contribution >= 0.6 is 22.7 Å². The molecule has 0 bridgehead atoms. The largest absolute Gasteiger partial charge is 0.323 e. The Labute approximate surface area is 152 Å². The standard InChI is InChI=1S/C19H13N3OS2/c23-17(10-9-15-3-2-12-24-15)21-14-7-5-13(6-8-14)18-22-16-4-1-11-20-19(16)25-18/h1-12H,(H,21,23)/b10-9+. The molecular formula is C19H13N3OS2. The Morgan fingerprint density at radius 1 is 1.08 bits per heavy atom. The first kappa shape index (κ1) is 15.7. The quantitative estimate of drug-likeness (QED) is 0.515.